The van der Waals surface area contributed by atoms with Gasteiger partial charge in [-0.1, -0.05) is 54.1 Å². The van der Waals surface area contributed by atoms with Gasteiger partial charge < -0.3 is 5.73 Å². The van der Waals surface area contributed by atoms with E-state index >= 15 is 0 Å². The van der Waals surface area contributed by atoms with Crippen molar-refractivity contribution >= 4 is 5.84 Å². The average molecular weight is 236 g/mol. The van der Waals surface area contributed by atoms with Gasteiger partial charge in [-0.25, -0.2) is 0 Å². The molecule has 1 heterocycles. The van der Waals surface area contributed by atoms with Crippen molar-refractivity contribution in [3.05, 3.63) is 70.8 Å². The fourth-order valence-corrected chi connectivity index (χ4v) is 2.42. The summed E-state index contributed by atoms with van der Waals surface area (Å²) in [4.78, 5) is 4.62. The van der Waals surface area contributed by atoms with Gasteiger partial charge in [0.05, 0.1) is 6.04 Å². The Morgan fingerprint density at radius 3 is 2.56 bits per heavy atom. The predicted octanol–water partition coefficient (Wildman–Crippen LogP) is 3.00. The van der Waals surface area contributed by atoms with Crippen molar-refractivity contribution in [2.24, 2.45) is 10.7 Å². The number of aryl methyl sites for hydroxylation is 1. The van der Waals surface area contributed by atoms with Crippen molar-refractivity contribution in [2.45, 2.75) is 19.4 Å². The second-order valence-electron chi connectivity index (χ2n) is 4.80. The number of rotatable bonds is 1. The van der Waals surface area contributed by atoms with E-state index in [9.17, 15) is 0 Å². The van der Waals surface area contributed by atoms with Crippen molar-refractivity contribution in [2.75, 3.05) is 0 Å². The molecule has 90 valence electrons. The van der Waals surface area contributed by atoms with E-state index in [0.29, 0.717) is 5.84 Å². The van der Waals surface area contributed by atoms with E-state index in [1.807, 2.05) is 12.1 Å². The number of amidine groups is 1. The number of aliphatic imine (C=N–C) groups is 1. The third-order valence-electron chi connectivity index (χ3n) is 3.46. The number of benzene rings is 2. The first-order valence-electron chi connectivity index (χ1n) is 6.22. The van der Waals surface area contributed by atoms with Crippen molar-refractivity contribution in [3.63, 3.8) is 0 Å². The molecule has 2 aromatic rings. The maximum atomic E-state index is 6.05. The minimum Gasteiger partial charge on any atom is -0.383 e. The molecule has 1 atom stereocenters. The van der Waals surface area contributed by atoms with Crippen molar-refractivity contribution in [1.29, 1.82) is 0 Å². The van der Waals surface area contributed by atoms with Gasteiger partial charge in [0.25, 0.3) is 0 Å². The molecule has 2 aromatic carbocycles. The molecule has 0 aromatic heterocycles. The van der Waals surface area contributed by atoms with E-state index in [1.165, 1.54) is 16.7 Å². The van der Waals surface area contributed by atoms with Crippen molar-refractivity contribution in [1.82, 2.24) is 0 Å². The highest BCUT2D eigenvalue weighted by molar-refractivity contribution is 5.99. The largest absolute Gasteiger partial charge is 0.383 e. The minimum absolute atomic E-state index is 0.153. The van der Waals surface area contributed by atoms with Crippen LogP contribution in [0.25, 0.3) is 0 Å². The SMILES string of the molecule is Cc1ccc(C2Cc3ccccc3C(N)=N2)cc1. The molecule has 0 aliphatic carbocycles. The summed E-state index contributed by atoms with van der Waals surface area (Å²) in [6.45, 7) is 2.09. The first kappa shape index (κ1) is 11.0. The molecule has 2 nitrogen and oxygen atoms in total. The molecule has 0 bridgehead atoms. The lowest BCUT2D eigenvalue weighted by atomic mass is 9.92. The average Bonchev–Trinajstić information content (AvgIpc) is 2.39. The lowest BCUT2D eigenvalue weighted by Crippen LogP contribution is -2.22. The van der Waals surface area contributed by atoms with E-state index in [1.54, 1.807) is 0 Å². The Morgan fingerprint density at radius 2 is 1.78 bits per heavy atom. The third kappa shape index (κ3) is 1.90. The van der Waals surface area contributed by atoms with Crippen LogP contribution in [-0.2, 0) is 6.42 Å². The normalized spacial score (nSPS) is 18.1. The number of nitrogens with zero attached hydrogens (tertiary/aromatic N) is 1. The molecular weight excluding hydrogens is 220 g/mol. The lowest BCUT2D eigenvalue weighted by molar-refractivity contribution is 0.710. The first-order chi connectivity index (χ1) is 8.74. The Hall–Kier alpha value is -2.09. The standard InChI is InChI=1S/C16H16N2/c1-11-6-8-12(9-7-11)15-10-13-4-2-3-5-14(13)16(17)18-15/h2-9,15H,10H2,1H3,(H2,17,18). The summed E-state index contributed by atoms with van der Waals surface area (Å²) >= 11 is 0. The van der Waals surface area contributed by atoms with Crippen LogP contribution in [0, 0.1) is 6.92 Å². The molecule has 1 aliphatic heterocycles. The summed E-state index contributed by atoms with van der Waals surface area (Å²) in [6.07, 6.45) is 0.930. The topological polar surface area (TPSA) is 38.4 Å². The molecule has 0 saturated carbocycles. The highest BCUT2D eigenvalue weighted by Crippen LogP contribution is 2.28. The van der Waals surface area contributed by atoms with Gasteiger partial charge in [-0.2, -0.15) is 0 Å². The summed E-state index contributed by atoms with van der Waals surface area (Å²) < 4.78 is 0. The number of nitrogens with two attached hydrogens (primary N) is 1. The molecular formula is C16H16N2. The van der Waals surface area contributed by atoms with Gasteiger partial charge in [-0.15, -0.1) is 0 Å². The summed E-state index contributed by atoms with van der Waals surface area (Å²) in [6, 6.07) is 16.9. The van der Waals surface area contributed by atoms with Gasteiger partial charge in [-0.3, -0.25) is 4.99 Å². The summed E-state index contributed by atoms with van der Waals surface area (Å²) in [5, 5.41) is 0. The molecule has 1 aliphatic rings. The van der Waals surface area contributed by atoms with Gasteiger partial charge in [0.1, 0.15) is 5.84 Å². The summed E-state index contributed by atoms with van der Waals surface area (Å²) in [5.41, 5.74) is 10.9. The molecule has 1 unspecified atom stereocenters. The molecule has 0 amide bonds. The summed E-state index contributed by atoms with van der Waals surface area (Å²) in [7, 11) is 0. The maximum Gasteiger partial charge on any atom is 0.126 e. The molecule has 0 spiro atoms. The molecule has 0 saturated heterocycles. The predicted molar refractivity (Wildman–Crippen MR) is 74.8 cm³/mol. The van der Waals surface area contributed by atoms with E-state index in [4.69, 9.17) is 5.73 Å². The quantitative estimate of drug-likeness (QED) is 0.812. The fourth-order valence-electron chi connectivity index (χ4n) is 2.42. The van der Waals surface area contributed by atoms with Crippen LogP contribution in [0.4, 0.5) is 0 Å². The smallest absolute Gasteiger partial charge is 0.126 e. The number of hydrogen-bond acceptors (Lipinski definition) is 2. The zero-order valence-electron chi connectivity index (χ0n) is 10.4. The molecule has 0 radical (unpaired) electrons. The second kappa shape index (κ2) is 4.30. The number of fused-ring (bicyclic) bond motifs is 1. The summed E-state index contributed by atoms with van der Waals surface area (Å²) in [5.74, 6) is 0.655. The zero-order valence-corrected chi connectivity index (χ0v) is 10.4. The zero-order chi connectivity index (χ0) is 12.5. The molecule has 18 heavy (non-hydrogen) atoms. The Morgan fingerprint density at radius 1 is 1.06 bits per heavy atom. The van der Waals surface area contributed by atoms with Crippen LogP contribution in [-0.4, -0.2) is 5.84 Å². The Bertz CT molecular complexity index is 597. The maximum absolute atomic E-state index is 6.05. The third-order valence-corrected chi connectivity index (χ3v) is 3.46. The van der Waals surface area contributed by atoms with Crippen LogP contribution in [0.5, 0.6) is 0 Å². The highest BCUT2D eigenvalue weighted by Gasteiger charge is 2.19. The fraction of sp³-hybridized carbons (Fsp3) is 0.188. The van der Waals surface area contributed by atoms with E-state index in [0.717, 1.165) is 12.0 Å². The first-order valence-corrected chi connectivity index (χ1v) is 6.22. The number of hydrogen-bond donors (Lipinski definition) is 1. The Balaban J connectivity index is 1.99. The van der Waals surface area contributed by atoms with Gasteiger partial charge in [0.2, 0.25) is 0 Å². The Kier molecular flexibility index (Phi) is 2.63. The Labute approximate surface area is 107 Å². The lowest BCUT2D eigenvalue weighted by Gasteiger charge is -2.21. The van der Waals surface area contributed by atoms with Crippen molar-refractivity contribution < 1.29 is 0 Å². The minimum atomic E-state index is 0.153. The van der Waals surface area contributed by atoms with Crippen LogP contribution < -0.4 is 5.73 Å². The van der Waals surface area contributed by atoms with Crippen LogP contribution in [0.2, 0.25) is 0 Å². The van der Waals surface area contributed by atoms with E-state index in [-0.39, 0.29) is 6.04 Å². The van der Waals surface area contributed by atoms with Gasteiger partial charge in [0.15, 0.2) is 0 Å². The monoisotopic (exact) mass is 236 g/mol. The second-order valence-corrected chi connectivity index (χ2v) is 4.80. The van der Waals surface area contributed by atoms with Crippen LogP contribution >= 0.6 is 0 Å². The van der Waals surface area contributed by atoms with Crippen molar-refractivity contribution in [3.8, 4) is 0 Å². The van der Waals surface area contributed by atoms with Gasteiger partial charge >= 0.3 is 0 Å². The molecule has 2 heteroatoms. The molecule has 3 rings (SSSR count). The van der Waals surface area contributed by atoms with E-state index < -0.39 is 0 Å². The highest BCUT2D eigenvalue weighted by atomic mass is 14.9. The van der Waals surface area contributed by atoms with Gasteiger partial charge in [-0.05, 0) is 24.5 Å². The van der Waals surface area contributed by atoms with Gasteiger partial charge in [0, 0.05) is 5.56 Å². The van der Waals surface area contributed by atoms with Crippen LogP contribution in [0.15, 0.2) is 53.5 Å². The molecule has 2 N–H and O–H groups in total. The molecule has 0 fully saturated rings. The van der Waals surface area contributed by atoms with Crippen LogP contribution in [0.1, 0.15) is 28.3 Å². The van der Waals surface area contributed by atoms with E-state index in [2.05, 4.69) is 48.3 Å². The van der Waals surface area contributed by atoms with Crippen LogP contribution in [0.3, 0.4) is 0 Å².